The minimum atomic E-state index is -0.662. The zero-order valence-corrected chi connectivity index (χ0v) is 15.7. The molecule has 0 radical (unpaired) electrons. The van der Waals surface area contributed by atoms with Gasteiger partial charge in [-0.3, -0.25) is 9.59 Å². The fourth-order valence-electron chi connectivity index (χ4n) is 3.37. The van der Waals surface area contributed by atoms with Gasteiger partial charge in [-0.15, -0.1) is 0 Å². The van der Waals surface area contributed by atoms with E-state index in [4.69, 9.17) is 4.74 Å². The summed E-state index contributed by atoms with van der Waals surface area (Å²) in [6, 6.07) is 15.4. The zero-order valence-electron chi connectivity index (χ0n) is 15.7. The lowest BCUT2D eigenvalue weighted by atomic mass is 9.95. The Morgan fingerprint density at radius 1 is 1.11 bits per heavy atom. The predicted octanol–water partition coefficient (Wildman–Crippen LogP) is 3.77. The Kier molecular flexibility index (Phi) is 5.31. The van der Waals surface area contributed by atoms with Crippen LogP contribution in [0, 0.1) is 5.92 Å². The average molecular weight is 365 g/mol. The lowest BCUT2D eigenvalue weighted by Gasteiger charge is -2.27. The summed E-state index contributed by atoms with van der Waals surface area (Å²) in [6.45, 7) is 4.39. The molecule has 0 aromatic heterocycles. The van der Waals surface area contributed by atoms with E-state index in [9.17, 15) is 14.7 Å². The second-order valence-corrected chi connectivity index (χ2v) is 6.99. The van der Waals surface area contributed by atoms with Crippen LogP contribution in [0.4, 0.5) is 0 Å². The summed E-state index contributed by atoms with van der Waals surface area (Å²) in [7, 11) is 1.56. The molecule has 2 aromatic carbocycles. The van der Waals surface area contributed by atoms with E-state index in [1.54, 1.807) is 43.5 Å². The quantitative estimate of drug-likeness (QED) is 0.498. The monoisotopic (exact) mass is 365 g/mol. The number of ketones is 1. The molecule has 140 valence electrons. The maximum absolute atomic E-state index is 12.8. The average Bonchev–Trinajstić information content (AvgIpc) is 2.92. The molecule has 1 saturated heterocycles. The number of hydrogen-bond acceptors (Lipinski definition) is 4. The third kappa shape index (κ3) is 3.58. The van der Waals surface area contributed by atoms with E-state index in [2.05, 4.69) is 0 Å². The second kappa shape index (κ2) is 7.66. The smallest absolute Gasteiger partial charge is 0.295 e. The molecule has 1 atom stereocenters. The van der Waals surface area contributed by atoms with Gasteiger partial charge in [0.2, 0.25) is 0 Å². The lowest BCUT2D eigenvalue weighted by Crippen LogP contribution is -2.33. The molecule has 3 rings (SSSR count). The minimum Gasteiger partial charge on any atom is -0.507 e. The van der Waals surface area contributed by atoms with Crippen LogP contribution in [-0.4, -0.2) is 35.4 Å². The van der Waals surface area contributed by atoms with Crippen molar-refractivity contribution < 1.29 is 19.4 Å². The first-order valence-corrected chi connectivity index (χ1v) is 8.91. The molecule has 1 amide bonds. The highest BCUT2D eigenvalue weighted by atomic mass is 16.5. The number of aliphatic hydroxyl groups is 1. The molecule has 0 unspecified atom stereocenters. The highest BCUT2D eigenvalue weighted by Gasteiger charge is 2.46. The number of hydrogen-bond donors (Lipinski definition) is 1. The van der Waals surface area contributed by atoms with E-state index >= 15 is 0 Å². The van der Waals surface area contributed by atoms with Gasteiger partial charge in [0.25, 0.3) is 11.7 Å². The Hall–Kier alpha value is -3.08. The third-order valence-corrected chi connectivity index (χ3v) is 4.56. The number of nitrogens with zero attached hydrogens (tertiary/aromatic N) is 1. The molecule has 27 heavy (non-hydrogen) atoms. The number of carbonyl (C=O) groups excluding carboxylic acids is 2. The molecule has 2 aromatic rings. The first kappa shape index (κ1) is 18.7. The standard InChI is InChI=1S/C22H23NO4/c1-14(2)13-23-19(16-10-7-11-17(12-16)27-3)18(21(25)22(23)26)20(24)15-8-5-4-6-9-15/h4-12,14,19,24H,13H2,1-3H3/t19-/m0/s1. The molecular weight excluding hydrogens is 342 g/mol. The van der Waals surface area contributed by atoms with E-state index in [-0.39, 0.29) is 17.3 Å². The molecule has 0 aliphatic carbocycles. The number of rotatable bonds is 5. The highest BCUT2D eigenvalue weighted by molar-refractivity contribution is 6.46. The van der Waals surface area contributed by atoms with Crippen LogP contribution in [0.5, 0.6) is 5.75 Å². The van der Waals surface area contributed by atoms with Crippen molar-refractivity contribution >= 4 is 17.4 Å². The molecule has 1 aliphatic rings. The van der Waals surface area contributed by atoms with Gasteiger partial charge in [-0.05, 0) is 23.6 Å². The number of ether oxygens (including phenoxy) is 1. The molecule has 1 N–H and O–H groups in total. The van der Waals surface area contributed by atoms with Gasteiger partial charge in [-0.2, -0.15) is 0 Å². The Morgan fingerprint density at radius 2 is 1.81 bits per heavy atom. The van der Waals surface area contributed by atoms with Gasteiger partial charge < -0.3 is 14.7 Å². The molecule has 1 fully saturated rings. The Balaban J connectivity index is 2.19. The van der Waals surface area contributed by atoms with Crippen molar-refractivity contribution in [1.29, 1.82) is 0 Å². The van der Waals surface area contributed by atoms with Crippen molar-refractivity contribution in [2.24, 2.45) is 5.92 Å². The maximum Gasteiger partial charge on any atom is 0.295 e. The summed E-state index contributed by atoms with van der Waals surface area (Å²) >= 11 is 0. The van der Waals surface area contributed by atoms with Crippen LogP contribution in [0.2, 0.25) is 0 Å². The van der Waals surface area contributed by atoms with Gasteiger partial charge in [0.05, 0.1) is 18.7 Å². The number of benzene rings is 2. The number of methoxy groups -OCH3 is 1. The first-order chi connectivity index (χ1) is 12.9. The van der Waals surface area contributed by atoms with Gasteiger partial charge in [-0.25, -0.2) is 0 Å². The lowest BCUT2D eigenvalue weighted by molar-refractivity contribution is -0.140. The molecule has 0 spiro atoms. The van der Waals surface area contributed by atoms with Gasteiger partial charge in [0.1, 0.15) is 11.5 Å². The second-order valence-electron chi connectivity index (χ2n) is 6.99. The van der Waals surface area contributed by atoms with E-state index in [0.717, 1.165) is 5.56 Å². The van der Waals surface area contributed by atoms with Crippen LogP contribution in [0.1, 0.15) is 31.0 Å². The number of carbonyl (C=O) groups is 2. The summed E-state index contributed by atoms with van der Waals surface area (Å²) in [5.74, 6) is -0.609. The zero-order chi connectivity index (χ0) is 19.6. The topological polar surface area (TPSA) is 66.8 Å². The molecule has 5 heteroatoms. The Morgan fingerprint density at radius 3 is 2.44 bits per heavy atom. The third-order valence-electron chi connectivity index (χ3n) is 4.56. The van der Waals surface area contributed by atoms with Gasteiger partial charge >= 0.3 is 0 Å². The number of Topliss-reactive ketones (excluding diaryl/α,β-unsaturated/α-hetero) is 1. The molecular formula is C22H23NO4. The van der Waals surface area contributed by atoms with Crippen LogP contribution in [0.25, 0.3) is 5.76 Å². The summed E-state index contributed by atoms with van der Waals surface area (Å²) in [5.41, 5.74) is 1.35. The van der Waals surface area contributed by atoms with Gasteiger partial charge in [-0.1, -0.05) is 56.3 Å². The SMILES string of the molecule is COc1cccc([C@H]2C(=C(O)c3ccccc3)C(=O)C(=O)N2CC(C)C)c1. The van der Waals surface area contributed by atoms with Crippen LogP contribution in [-0.2, 0) is 9.59 Å². The molecule has 5 nitrogen and oxygen atoms in total. The summed E-state index contributed by atoms with van der Waals surface area (Å²) in [6.07, 6.45) is 0. The minimum absolute atomic E-state index is 0.111. The number of likely N-dealkylation sites (tertiary alicyclic amines) is 1. The van der Waals surface area contributed by atoms with Crippen molar-refractivity contribution in [3.8, 4) is 5.75 Å². The van der Waals surface area contributed by atoms with E-state index in [0.29, 0.717) is 17.9 Å². The van der Waals surface area contributed by atoms with E-state index < -0.39 is 17.7 Å². The largest absolute Gasteiger partial charge is 0.507 e. The predicted molar refractivity (Wildman–Crippen MR) is 103 cm³/mol. The van der Waals surface area contributed by atoms with Crippen molar-refractivity contribution in [3.63, 3.8) is 0 Å². The van der Waals surface area contributed by atoms with Gasteiger partial charge in [0, 0.05) is 12.1 Å². The first-order valence-electron chi connectivity index (χ1n) is 8.91. The van der Waals surface area contributed by atoms with Crippen LogP contribution >= 0.6 is 0 Å². The summed E-state index contributed by atoms with van der Waals surface area (Å²) < 4.78 is 5.30. The van der Waals surface area contributed by atoms with E-state index in [1.165, 1.54) is 4.90 Å². The van der Waals surface area contributed by atoms with Crippen molar-refractivity contribution in [3.05, 3.63) is 71.3 Å². The normalized spacial score (nSPS) is 19.0. The fourth-order valence-corrected chi connectivity index (χ4v) is 3.37. The Labute approximate surface area is 158 Å². The van der Waals surface area contributed by atoms with Crippen LogP contribution in [0.15, 0.2) is 60.2 Å². The van der Waals surface area contributed by atoms with Crippen LogP contribution < -0.4 is 4.74 Å². The van der Waals surface area contributed by atoms with Gasteiger partial charge in [0.15, 0.2) is 0 Å². The van der Waals surface area contributed by atoms with Crippen molar-refractivity contribution in [2.45, 2.75) is 19.9 Å². The molecule has 0 bridgehead atoms. The molecule has 1 aliphatic heterocycles. The highest BCUT2D eigenvalue weighted by Crippen LogP contribution is 2.40. The number of aliphatic hydroxyl groups excluding tert-OH is 1. The molecule has 0 saturated carbocycles. The van der Waals surface area contributed by atoms with Crippen molar-refractivity contribution in [1.82, 2.24) is 4.90 Å². The number of amides is 1. The Bertz CT molecular complexity index is 886. The summed E-state index contributed by atoms with van der Waals surface area (Å²) in [4.78, 5) is 27.1. The van der Waals surface area contributed by atoms with E-state index in [1.807, 2.05) is 32.0 Å². The fraction of sp³-hybridized carbons (Fsp3) is 0.273. The maximum atomic E-state index is 12.8. The van der Waals surface area contributed by atoms with Crippen molar-refractivity contribution in [2.75, 3.05) is 13.7 Å². The summed E-state index contributed by atoms with van der Waals surface area (Å²) in [5, 5.41) is 10.9. The molecule has 1 heterocycles. The van der Waals surface area contributed by atoms with Crippen LogP contribution in [0.3, 0.4) is 0 Å².